The van der Waals surface area contributed by atoms with E-state index in [-0.39, 0.29) is 45.7 Å². The quantitative estimate of drug-likeness (QED) is 0.458. The molecule has 0 saturated heterocycles. The first-order valence-electron chi connectivity index (χ1n) is 13.8. The number of hydrogen-bond acceptors (Lipinski definition) is 4. The van der Waals surface area contributed by atoms with Crippen LogP contribution < -0.4 is 0 Å². The van der Waals surface area contributed by atoms with E-state index in [1.165, 1.54) is 5.57 Å². The lowest BCUT2D eigenvalue weighted by atomic mass is 9.34. The van der Waals surface area contributed by atoms with Gasteiger partial charge in [-0.25, -0.2) is 0 Å². The van der Waals surface area contributed by atoms with Gasteiger partial charge in [0.25, 0.3) is 0 Å². The maximum atomic E-state index is 12.9. The second-order valence-electron chi connectivity index (χ2n) is 14.4. The van der Waals surface area contributed by atoms with Crippen LogP contribution in [-0.4, -0.2) is 38.9 Å². The van der Waals surface area contributed by atoms with Crippen molar-refractivity contribution in [2.24, 2.45) is 45.3 Å². The van der Waals surface area contributed by atoms with Crippen LogP contribution in [0.3, 0.4) is 0 Å². The number of rotatable bonds is 4. The molecule has 0 aromatic rings. The van der Waals surface area contributed by atoms with Gasteiger partial charge in [-0.05, 0) is 99.7 Å². The van der Waals surface area contributed by atoms with Gasteiger partial charge in [0, 0.05) is 17.8 Å². The van der Waals surface area contributed by atoms with E-state index in [9.17, 15) is 20.1 Å². The highest BCUT2D eigenvalue weighted by Gasteiger charge is 2.73. The number of allylic oxidation sites excluding steroid dienone is 2. The van der Waals surface area contributed by atoms with E-state index in [2.05, 4.69) is 40.7 Å². The smallest absolute Gasteiger partial charge is 0.138 e. The molecule has 34 heavy (non-hydrogen) atoms. The van der Waals surface area contributed by atoms with Crippen molar-refractivity contribution < 1.29 is 20.1 Å². The molecule has 0 unspecified atom stereocenters. The van der Waals surface area contributed by atoms with Gasteiger partial charge in [-0.3, -0.25) is 4.79 Å². The van der Waals surface area contributed by atoms with Crippen LogP contribution in [0.25, 0.3) is 0 Å². The lowest BCUT2D eigenvalue weighted by Crippen LogP contribution is -2.69. The summed E-state index contributed by atoms with van der Waals surface area (Å²) in [5.41, 5.74) is -0.555. The summed E-state index contributed by atoms with van der Waals surface area (Å²) in [6.45, 7) is 17.2. The Balaban J connectivity index is 1.71. The minimum Gasteiger partial charge on any atom is -0.393 e. The second kappa shape index (κ2) is 8.15. The summed E-state index contributed by atoms with van der Waals surface area (Å²) in [7, 11) is 0. The summed E-state index contributed by atoms with van der Waals surface area (Å²) in [4.78, 5) is 12.9. The number of carbonyl (C=O) groups excluding carboxylic acids is 1. The van der Waals surface area contributed by atoms with Crippen LogP contribution in [-0.2, 0) is 4.79 Å². The van der Waals surface area contributed by atoms with Crippen LogP contribution >= 0.6 is 0 Å². The molecule has 0 aromatic heterocycles. The summed E-state index contributed by atoms with van der Waals surface area (Å²) in [5.74, 6) is 0.540. The standard InChI is InChI=1S/C30H50O4/c1-18(2)10-9-13-30(8,34)19-11-15-28(6)24(19)20(31)16-22-27(5)14-12-23(33)26(3,4)25(27)21(32)17-29(22,28)7/h10,19-22,24-25,31-32,34H,9,11-17H2,1-8H3/t19-,20+,21-,22+,24-,25-,27+,28+,29+,30-/m0/s1. The molecule has 0 aliphatic heterocycles. The Bertz CT molecular complexity index is 854. The molecule has 0 spiro atoms. The Morgan fingerprint density at radius 3 is 2.32 bits per heavy atom. The number of ketones is 1. The summed E-state index contributed by atoms with van der Waals surface area (Å²) in [5, 5.41) is 35.0. The zero-order chi connectivity index (χ0) is 25.5. The van der Waals surface area contributed by atoms with Gasteiger partial charge in [0.15, 0.2) is 0 Å². The summed E-state index contributed by atoms with van der Waals surface area (Å²) < 4.78 is 0. The molecular weight excluding hydrogens is 424 g/mol. The molecule has 4 rings (SSSR count). The van der Waals surface area contributed by atoms with Crippen molar-refractivity contribution in [1.29, 1.82) is 0 Å². The van der Waals surface area contributed by atoms with Crippen LogP contribution in [0.4, 0.5) is 0 Å². The topological polar surface area (TPSA) is 77.8 Å². The zero-order valence-electron chi connectivity index (χ0n) is 22.9. The van der Waals surface area contributed by atoms with Crippen LogP contribution in [0.1, 0.15) is 107 Å². The predicted molar refractivity (Wildman–Crippen MR) is 136 cm³/mol. The fourth-order valence-corrected chi connectivity index (χ4v) is 10.3. The largest absolute Gasteiger partial charge is 0.393 e. The molecule has 4 fully saturated rings. The Labute approximate surface area is 207 Å². The van der Waals surface area contributed by atoms with Gasteiger partial charge in [0.05, 0.1) is 17.8 Å². The van der Waals surface area contributed by atoms with E-state index in [0.29, 0.717) is 25.7 Å². The third-order valence-corrected chi connectivity index (χ3v) is 12.0. The molecule has 0 bridgehead atoms. The lowest BCUT2D eigenvalue weighted by molar-refractivity contribution is -0.258. The predicted octanol–water partition coefficient (Wildman–Crippen LogP) is 5.68. The van der Waals surface area contributed by atoms with Crippen LogP contribution in [0.2, 0.25) is 0 Å². The third-order valence-electron chi connectivity index (χ3n) is 12.0. The van der Waals surface area contributed by atoms with Crippen molar-refractivity contribution in [2.75, 3.05) is 0 Å². The van der Waals surface area contributed by atoms with Crippen LogP contribution in [0.5, 0.6) is 0 Å². The highest BCUT2D eigenvalue weighted by Crippen LogP contribution is 2.75. The van der Waals surface area contributed by atoms with Crippen molar-refractivity contribution in [1.82, 2.24) is 0 Å². The van der Waals surface area contributed by atoms with Crippen molar-refractivity contribution in [3.05, 3.63) is 11.6 Å². The van der Waals surface area contributed by atoms with E-state index >= 15 is 0 Å². The van der Waals surface area contributed by atoms with E-state index in [1.54, 1.807) is 0 Å². The van der Waals surface area contributed by atoms with Crippen molar-refractivity contribution in [2.45, 2.75) is 125 Å². The van der Waals surface area contributed by atoms with Gasteiger partial charge in [-0.2, -0.15) is 0 Å². The second-order valence-corrected chi connectivity index (χ2v) is 14.4. The molecule has 4 aliphatic rings. The average Bonchev–Trinajstić information content (AvgIpc) is 3.07. The number of hydrogen-bond donors (Lipinski definition) is 3. The van der Waals surface area contributed by atoms with Gasteiger partial charge in [0.1, 0.15) is 5.78 Å². The van der Waals surface area contributed by atoms with E-state index in [1.807, 2.05) is 20.8 Å². The van der Waals surface area contributed by atoms with E-state index in [4.69, 9.17) is 0 Å². The summed E-state index contributed by atoms with van der Waals surface area (Å²) in [6.07, 6.45) is 7.43. The van der Waals surface area contributed by atoms with Gasteiger partial charge in [-0.1, -0.05) is 46.3 Å². The van der Waals surface area contributed by atoms with E-state index < -0.39 is 23.2 Å². The highest BCUT2D eigenvalue weighted by atomic mass is 16.3. The molecule has 0 amide bonds. The number of carbonyl (C=O) groups is 1. The Hall–Kier alpha value is -0.710. The van der Waals surface area contributed by atoms with Crippen LogP contribution in [0.15, 0.2) is 11.6 Å². The first-order valence-corrected chi connectivity index (χ1v) is 13.8. The molecule has 3 N–H and O–H groups in total. The van der Waals surface area contributed by atoms with Crippen LogP contribution in [0, 0.1) is 45.3 Å². The fraction of sp³-hybridized carbons (Fsp3) is 0.900. The summed E-state index contributed by atoms with van der Waals surface area (Å²) in [6, 6.07) is 0. The van der Waals surface area contributed by atoms with Crippen molar-refractivity contribution >= 4 is 5.78 Å². The number of aliphatic hydroxyl groups is 3. The van der Waals surface area contributed by atoms with Gasteiger partial charge < -0.3 is 15.3 Å². The molecular formula is C30H50O4. The Kier molecular flexibility index (Phi) is 6.32. The third kappa shape index (κ3) is 3.52. The number of aliphatic hydroxyl groups excluding tert-OH is 2. The zero-order valence-corrected chi connectivity index (χ0v) is 22.9. The molecule has 10 atom stereocenters. The average molecular weight is 475 g/mol. The monoisotopic (exact) mass is 474 g/mol. The van der Waals surface area contributed by atoms with Gasteiger partial charge in [-0.15, -0.1) is 0 Å². The normalized spacial score (nSPS) is 49.4. The molecule has 4 heteroatoms. The SMILES string of the molecule is CC(C)=CCC[C@](C)(O)[C@H]1CC[C@]2(C)[C@@H]1[C@H](O)C[C@@H]1[C@@]3(C)CCC(=O)C(C)(C)[C@@H]3[C@@H](O)C[C@]12C. The van der Waals surface area contributed by atoms with Gasteiger partial charge in [0.2, 0.25) is 0 Å². The minimum absolute atomic E-state index is 0.0287. The Morgan fingerprint density at radius 1 is 1.06 bits per heavy atom. The highest BCUT2D eigenvalue weighted by molar-refractivity contribution is 5.85. The van der Waals surface area contributed by atoms with Crippen molar-refractivity contribution in [3.63, 3.8) is 0 Å². The minimum atomic E-state index is -0.822. The molecule has 0 radical (unpaired) electrons. The molecule has 4 nitrogen and oxygen atoms in total. The van der Waals surface area contributed by atoms with Crippen molar-refractivity contribution in [3.8, 4) is 0 Å². The van der Waals surface area contributed by atoms with E-state index in [0.717, 1.165) is 25.7 Å². The number of Topliss-reactive ketones (excluding diaryl/α,β-unsaturated/α-hetero) is 1. The maximum absolute atomic E-state index is 12.9. The lowest BCUT2D eigenvalue weighted by Gasteiger charge is -2.70. The maximum Gasteiger partial charge on any atom is 0.138 e. The molecule has 0 aromatic carbocycles. The first-order chi connectivity index (χ1) is 15.5. The molecule has 194 valence electrons. The van der Waals surface area contributed by atoms with Gasteiger partial charge >= 0.3 is 0 Å². The fourth-order valence-electron chi connectivity index (χ4n) is 10.3. The summed E-state index contributed by atoms with van der Waals surface area (Å²) >= 11 is 0. The Morgan fingerprint density at radius 2 is 1.71 bits per heavy atom. The molecule has 4 aliphatic carbocycles. The number of fused-ring (bicyclic) bond motifs is 5. The molecule has 0 heterocycles. The first kappa shape index (κ1) is 26.4. The molecule has 4 saturated carbocycles.